The van der Waals surface area contributed by atoms with E-state index in [2.05, 4.69) is 34.4 Å². The Kier molecular flexibility index (Phi) is 6.60. The van der Waals surface area contributed by atoms with E-state index in [9.17, 15) is 0 Å². The van der Waals surface area contributed by atoms with Gasteiger partial charge in [-0.05, 0) is 31.8 Å². The van der Waals surface area contributed by atoms with E-state index in [0.29, 0.717) is 6.04 Å². The van der Waals surface area contributed by atoms with Gasteiger partial charge in [-0.2, -0.15) is 0 Å². The largest absolute Gasteiger partial charge is 0.384 e. The Morgan fingerprint density at radius 3 is 2.76 bits per heavy atom. The Bertz CT molecular complexity index is 399. The molecular formula is C15H29N5O. The van der Waals surface area contributed by atoms with Gasteiger partial charge in [0.1, 0.15) is 0 Å². The van der Waals surface area contributed by atoms with Gasteiger partial charge in [-0.3, -0.25) is 4.68 Å². The third-order valence-corrected chi connectivity index (χ3v) is 4.03. The minimum absolute atomic E-state index is 0.476. The van der Waals surface area contributed by atoms with Gasteiger partial charge in [-0.25, -0.2) is 0 Å². The van der Waals surface area contributed by atoms with Crippen molar-refractivity contribution in [3.05, 3.63) is 11.9 Å². The van der Waals surface area contributed by atoms with Crippen molar-refractivity contribution in [3.8, 4) is 0 Å². The SMILES string of the molecule is COCC1CCN(CCn2cc(CNC(C)C)nn2)CC1. The molecule has 6 nitrogen and oxygen atoms in total. The number of likely N-dealkylation sites (tertiary alicyclic amines) is 1. The molecule has 1 N–H and O–H groups in total. The second-order valence-corrected chi connectivity index (χ2v) is 6.25. The average Bonchev–Trinajstić information content (AvgIpc) is 2.93. The molecule has 21 heavy (non-hydrogen) atoms. The number of rotatable bonds is 8. The molecule has 6 heteroatoms. The first-order valence-corrected chi connectivity index (χ1v) is 8.01. The first-order valence-electron chi connectivity index (χ1n) is 8.01. The molecular weight excluding hydrogens is 266 g/mol. The first kappa shape index (κ1) is 16.4. The Balaban J connectivity index is 1.67. The van der Waals surface area contributed by atoms with Crippen LogP contribution in [0.5, 0.6) is 0 Å². The number of nitrogens with one attached hydrogen (secondary N) is 1. The van der Waals surface area contributed by atoms with Gasteiger partial charge in [0, 0.05) is 39.0 Å². The van der Waals surface area contributed by atoms with Crippen LogP contribution in [0.1, 0.15) is 32.4 Å². The fraction of sp³-hybridized carbons (Fsp3) is 0.867. The molecule has 0 radical (unpaired) electrons. The predicted molar refractivity (Wildman–Crippen MR) is 83.0 cm³/mol. The molecule has 0 spiro atoms. The van der Waals surface area contributed by atoms with Crippen LogP contribution in [-0.2, 0) is 17.8 Å². The first-order chi connectivity index (χ1) is 10.2. The van der Waals surface area contributed by atoms with E-state index in [0.717, 1.165) is 37.9 Å². The molecule has 120 valence electrons. The van der Waals surface area contributed by atoms with E-state index in [1.807, 2.05) is 10.9 Å². The molecule has 2 rings (SSSR count). The summed E-state index contributed by atoms with van der Waals surface area (Å²) in [7, 11) is 1.79. The predicted octanol–water partition coefficient (Wildman–Crippen LogP) is 1.13. The Morgan fingerprint density at radius 2 is 2.10 bits per heavy atom. The molecule has 0 unspecified atom stereocenters. The summed E-state index contributed by atoms with van der Waals surface area (Å²) in [5.41, 5.74) is 1.02. The Hall–Kier alpha value is -0.980. The molecule has 0 bridgehead atoms. The fourth-order valence-corrected chi connectivity index (χ4v) is 2.69. The van der Waals surface area contributed by atoms with Crippen LogP contribution in [-0.4, -0.2) is 59.3 Å². The lowest BCUT2D eigenvalue weighted by molar-refractivity contribution is 0.0976. The number of piperidine rings is 1. The van der Waals surface area contributed by atoms with Crippen LogP contribution in [0.2, 0.25) is 0 Å². The Morgan fingerprint density at radius 1 is 1.33 bits per heavy atom. The number of nitrogens with zero attached hydrogens (tertiary/aromatic N) is 4. The lowest BCUT2D eigenvalue weighted by Gasteiger charge is -2.31. The van der Waals surface area contributed by atoms with Gasteiger partial charge in [0.2, 0.25) is 0 Å². The normalized spacial score (nSPS) is 17.7. The average molecular weight is 295 g/mol. The molecule has 1 saturated heterocycles. The summed E-state index contributed by atoms with van der Waals surface area (Å²) in [6.45, 7) is 10.3. The van der Waals surface area contributed by atoms with Crippen molar-refractivity contribution in [2.45, 2.75) is 45.8 Å². The second kappa shape index (κ2) is 8.46. The summed E-state index contributed by atoms with van der Waals surface area (Å²) in [4.78, 5) is 2.51. The van der Waals surface area contributed by atoms with E-state index in [1.165, 1.54) is 25.9 Å². The fourth-order valence-electron chi connectivity index (χ4n) is 2.69. The Labute approximate surface area is 127 Å². The summed E-state index contributed by atoms with van der Waals surface area (Å²) in [5.74, 6) is 0.742. The van der Waals surface area contributed by atoms with Crippen LogP contribution < -0.4 is 5.32 Å². The van der Waals surface area contributed by atoms with Crippen molar-refractivity contribution >= 4 is 0 Å². The molecule has 1 aliphatic heterocycles. The van der Waals surface area contributed by atoms with Gasteiger partial charge in [-0.15, -0.1) is 5.10 Å². The van der Waals surface area contributed by atoms with Gasteiger partial charge in [-0.1, -0.05) is 19.1 Å². The lowest BCUT2D eigenvalue weighted by Crippen LogP contribution is -2.37. The maximum Gasteiger partial charge on any atom is 0.0964 e. The zero-order valence-corrected chi connectivity index (χ0v) is 13.6. The summed E-state index contributed by atoms with van der Waals surface area (Å²) in [6, 6.07) is 0.476. The smallest absolute Gasteiger partial charge is 0.0964 e. The van der Waals surface area contributed by atoms with Crippen LogP contribution in [0.4, 0.5) is 0 Å². The van der Waals surface area contributed by atoms with Crippen LogP contribution >= 0.6 is 0 Å². The minimum Gasteiger partial charge on any atom is -0.384 e. The monoisotopic (exact) mass is 295 g/mol. The van der Waals surface area contributed by atoms with Crippen molar-refractivity contribution in [1.82, 2.24) is 25.2 Å². The van der Waals surface area contributed by atoms with Gasteiger partial charge >= 0.3 is 0 Å². The molecule has 0 aliphatic carbocycles. The quantitative estimate of drug-likeness (QED) is 0.779. The van der Waals surface area contributed by atoms with Gasteiger partial charge < -0.3 is 15.0 Å². The van der Waals surface area contributed by atoms with Crippen LogP contribution in [0.25, 0.3) is 0 Å². The van der Waals surface area contributed by atoms with Crippen LogP contribution in [0.3, 0.4) is 0 Å². The maximum absolute atomic E-state index is 5.24. The number of ether oxygens (including phenoxy) is 1. The zero-order chi connectivity index (χ0) is 15.1. The van der Waals surface area contributed by atoms with E-state index >= 15 is 0 Å². The molecule has 0 aromatic carbocycles. The minimum atomic E-state index is 0.476. The molecule has 2 heterocycles. The van der Waals surface area contributed by atoms with Crippen molar-refractivity contribution in [2.75, 3.05) is 33.4 Å². The summed E-state index contributed by atoms with van der Waals surface area (Å²) < 4.78 is 7.20. The van der Waals surface area contributed by atoms with E-state index in [4.69, 9.17) is 4.74 Å². The number of aromatic nitrogens is 3. The van der Waals surface area contributed by atoms with Gasteiger partial charge in [0.15, 0.2) is 0 Å². The summed E-state index contributed by atoms with van der Waals surface area (Å²) in [5, 5.41) is 11.8. The van der Waals surface area contributed by atoms with Crippen LogP contribution in [0, 0.1) is 5.92 Å². The third-order valence-electron chi connectivity index (χ3n) is 4.03. The van der Waals surface area contributed by atoms with Gasteiger partial charge in [0.05, 0.1) is 12.2 Å². The van der Waals surface area contributed by atoms with E-state index < -0.39 is 0 Å². The molecule has 1 fully saturated rings. The number of hydrogen-bond donors (Lipinski definition) is 1. The third kappa shape index (κ3) is 5.73. The van der Waals surface area contributed by atoms with E-state index in [1.54, 1.807) is 7.11 Å². The molecule has 0 atom stereocenters. The van der Waals surface area contributed by atoms with Crippen molar-refractivity contribution in [2.24, 2.45) is 5.92 Å². The highest BCUT2D eigenvalue weighted by molar-refractivity contribution is 4.91. The second-order valence-electron chi connectivity index (χ2n) is 6.25. The van der Waals surface area contributed by atoms with Crippen molar-refractivity contribution in [3.63, 3.8) is 0 Å². The molecule has 1 aromatic heterocycles. The maximum atomic E-state index is 5.24. The van der Waals surface area contributed by atoms with Crippen molar-refractivity contribution in [1.29, 1.82) is 0 Å². The highest BCUT2D eigenvalue weighted by Crippen LogP contribution is 2.16. The zero-order valence-electron chi connectivity index (χ0n) is 13.6. The van der Waals surface area contributed by atoms with Gasteiger partial charge in [0.25, 0.3) is 0 Å². The van der Waals surface area contributed by atoms with E-state index in [-0.39, 0.29) is 0 Å². The highest BCUT2D eigenvalue weighted by Gasteiger charge is 2.18. The lowest BCUT2D eigenvalue weighted by atomic mass is 9.98. The van der Waals surface area contributed by atoms with Crippen LogP contribution in [0.15, 0.2) is 6.20 Å². The molecule has 0 saturated carbocycles. The van der Waals surface area contributed by atoms with Crippen molar-refractivity contribution < 1.29 is 4.74 Å². The number of methoxy groups -OCH3 is 1. The highest BCUT2D eigenvalue weighted by atomic mass is 16.5. The number of hydrogen-bond acceptors (Lipinski definition) is 5. The topological polar surface area (TPSA) is 55.2 Å². The summed E-state index contributed by atoms with van der Waals surface area (Å²) in [6.07, 6.45) is 4.54. The molecule has 1 aromatic rings. The molecule has 0 amide bonds. The standard InChI is InChI=1S/C15H29N5O/c1-13(2)16-10-15-11-20(18-17-15)9-8-19-6-4-14(5-7-19)12-21-3/h11,13-14,16H,4-10,12H2,1-3H3. The molecule has 1 aliphatic rings. The summed E-state index contributed by atoms with van der Waals surface area (Å²) >= 11 is 0.